The number of aliphatic imine (C=N–C) groups is 1. The number of thiocarbonyl (C=S) groups is 1. The molecule has 0 saturated heterocycles. The lowest BCUT2D eigenvalue weighted by molar-refractivity contribution is -0.384. The van der Waals surface area contributed by atoms with Gasteiger partial charge in [-0.1, -0.05) is 0 Å². The number of alkyl halides is 3. The highest BCUT2D eigenvalue weighted by atomic mass is 32.1. The third kappa shape index (κ3) is 7.45. The fourth-order valence-electron chi connectivity index (χ4n) is 2.15. The number of rotatable bonds is 6. The van der Waals surface area contributed by atoms with E-state index in [-0.39, 0.29) is 17.3 Å². The predicted molar refractivity (Wildman–Crippen MR) is 110 cm³/mol. The van der Waals surface area contributed by atoms with Gasteiger partial charge in [0.15, 0.2) is 0 Å². The van der Waals surface area contributed by atoms with Crippen LogP contribution in [-0.4, -0.2) is 38.1 Å². The van der Waals surface area contributed by atoms with Crippen LogP contribution in [0.5, 0.6) is 5.75 Å². The number of nitro groups is 1. The number of ether oxygens (including phenoxy) is 2. The summed E-state index contributed by atoms with van der Waals surface area (Å²) in [5, 5.41) is 17.9. The number of amides is 1. The van der Waals surface area contributed by atoms with Crippen molar-refractivity contribution >= 4 is 52.3 Å². The van der Waals surface area contributed by atoms with Gasteiger partial charge in [0.2, 0.25) is 11.8 Å². The van der Waals surface area contributed by atoms with Crippen molar-refractivity contribution in [3.8, 4) is 5.75 Å². The number of nitrogens with one attached hydrogen (secondary N) is 2. The number of carbonyl (C=O) groups excluding carboxylic acids is 1. The van der Waals surface area contributed by atoms with Crippen molar-refractivity contribution in [3.63, 3.8) is 0 Å². The zero-order chi connectivity index (χ0) is 24.1. The minimum Gasteiger partial charge on any atom is -0.444 e. The molecule has 2 rings (SSSR count). The smallest absolute Gasteiger partial charge is 0.444 e. The van der Waals surface area contributed by atoms with Crippen LogP contribution in [0.1, 0.15) is 20.8 Å². The van der Waals surface area contributed by atoms with Gasteiger partial charge >= 0.3 is 18.1 Å². The van der Waals surface area contributed by atoms with Crippen molar-refractivity contribution in [2.75, 3.05) is 10.6 Å². The summed E-state index contributed by atoms with van der Waals surface area (Å²) in [5.74, 6) is -1.35. The van der Waals surface area contributed by atoms with E-state index in [1.54, 1.807) is 20.8 Å². The molecule has 1 heterocycles. The number of hydrogen-bond donors (Lipinski definition) is 2. The molecule has 1 aromatic carbocycles. The number of anilines is 3. The molecule has 11 nitrogen and oxygen atoms in total. The summed E-state index contributed by atoms with van der Waals surface area (Å²) >= 11 is 4.43. The molecular weight excluding hydrogens is 457 g/mol. The third-order valence-electron chi connectivity index (χ3n) is 3.20. The quantitative estimate of drug-likeness (QED) is 0.254. The Morgan fingerprint density at radius 1 is 1.28 bits per heavy atom. The molecule has 0 fully saturated rings. The number of isothiocyanates is 1. The maximum absolute atomic E-state index is 12.6. The Bertz CT molecular complexity index is 1080. The van der Waals surface area contributed by atoms with Gasteiger partial charge in [-0.2, -0.15) is 9.98 Å². The number of halogens is 3. The molecule has 2 aromatic rings. The minimum absolute atomic E-state index is 0.0180. The molecule has 0 unspecified atom stereocenters. The topological polar surface area (TPSA) is 141 Å². The summed E-state index contributed by atoms with van der Waals surface area (Å²) in [7, 11) is 0. The first-order chi connectivity index (χ1) is 14.8. The van der Waals surface area contributed by atoms with Crippen molar-refractivity contribution in [1.29, 1.82) is 0 Å². The molecular formula is C17H15F3N6O5S. The molecule has 1 amide bonds. The maximum atomic E-state index is 12.6. The van der Waals surface area contributed by atoms with Crippen LogP contribution >= 0.6 is 12.2 Å². The van der Waals surface area contributed by atoms with Crippen LogP contribution in [-0.2, 0) is 4.74 Å². The highest BCUT2D eigenvalue weighted by Crippen LogP contribution is 2.33. The SMILES string of the molecule is CC(C)(C)OC(=O)Nc1ccc(OC(F)(F)F)cc1Nc1ncc([N+](=O)[O-])c(N=C=S)n1. The average Bonchev–Trinajstić information content (AvgIpc) is 2.61. The van der Waals surface area contributed by atoms with Gasteiger partial charge in [-0.25, -0.2) is 9.78 Å². The molecule has 2 N–H and O–H groups in total. The zero-order valence-electron chi connectivity index (χ0n) is 16.7. The van der Waals surface area contributed by atoms with E-state index in [4.69, 9.17) is 4.74 Å². The molecule has 15 heteroatoms. The lowest BCUT2D eigenvalue weighted by Gasteiger charge is -2.21. The van der Waals surface area contributed by atoms with Gasteiger partial charge in [0.25, 0.3) is 0 Å². The summed E-state index contributed by atoms with van der Waals surface area (Å²) in [6.45, 7) is 4.86. The van der Waals surface area contributed by atoms with Gasteiger partial charge in [0, 0.05) is 6.07 Å². The van der Waals surface area contributed by atoms with E-state index >= 15 is 0 Å². The molecule has 0 saturated carbocycles. The molecule has 0 bridgehead atoms. The average molecular weight is 472 g/mol. The molecule has 0 spiro atoms. The summed E-state index contributed by atoms with van der Waals surface area (Å²) < 4.78 is 46.8. The number of benzene rings is 1. The molecule has 0 aliphatic carbocycles. The minimum atomic E-state index is -4.97. The Balaban J connectivity index is 2.45. The number of carbonyl (C=O) groups is 1. The van der Waals surface area contributed by atoms with E-state index in [9.17, 15) is 28.1 Å². The highest BCUT2D eigenvalue weighted by Gasteiger charge is 2.31. The van der Waals surface area contributed by atoms with E-state index < -0.39 is 40.2 Å². The lowest BCUT2D eigenvalue weighted by Crippen LogP contribution is -2.27. The van der Waals surface area contributed by atoms with E-state index in [1.807, 2.05) is 5.16 Å². The molecule has 170 valence electrons. The van der Waals surface area contributed by atoms with E-state index in [0.717, 1.165) is 24.4 Å². The van der Waals surface area contributed by atoms with Crippen LogP contribution in [0.3, 0.4) is 0 Å². The van der Waals surface area contributed by atoms with Crippen molar-refractivity contribution in [3.05, 3.63) is 34.5 Å². The summed E-state index contributed by atoms with van der Waals surface area (Å²) in [5.41, 5.74) is -1.57. The van der Waals surface area contributed by atoms with Crippen LogP contribution in [0.25, 0.3) is 0 Å². The fraction of sp³-hybridized carbons (Fsp3) is 0.294. The second-order valence-electron chi connectivity index (χ2n) is 6.87. The Kier molecular flexibility index (Phi) is 7.28. The predicted octanol–water partition coefficient (Wildman–Crippen LogP) is 5.11. The Hall–Kier alpha value is -3.84. The number of aromatic nitrogens is 2. The summed E-state index contributed by atoms with van der Waals surface area (Å²) in [6.07, 6.45) is -5.04. The van der Waals surface area contributed by atoms with Crippen LogP contribution in [0.2, 0.25) is 0 Å². The fourth-order valence-corrected chi connectivity index (χ4v) is 2.23. The highest BCUT2D eigenvalue weighted by molar-refractivity contribution is 7.78. The molecule has 1 aromatic heterocycles. The first kappa shape index (κ1) is 24.4. The monoisotopic (exact) mass is 472 g/mol. The normalized spacial score (nSPS) is 11.2. The third-order valence-corrected chi connectivity index (χ3v) is 3.30. The van der Waals surface area contributed by atoms with E-state index in [2.05, 4.69) is 42.5 Å². The zero-order valence-corrected chi connectivity index (χ0v) is 17.5. The summed E-state index contributed by atoms with van der Waals surface area (Å²) in [4.78, 5) is 33.3. The van der Waals surface area contributed by atoms with Crippen LogP contribution in [0.15, 0.2) is 29.4 Å². The molecule has 0 aliphatic rings. The largest absolute Gasteiger partial charge is 0.573 e. The van der Waals surface area contributed by atoms with Crippen molar-refractivity contribution < 1.29 is 32.4 Å². The number of nitrogens with zero attached hydrogens (tertiary/aromatic N) is 4. The van der Waals surface area contributed by atoms with Gasteiger partial charge in [-0.15, -0.1) is 13.2 Å². The van der Waals surface area contributed by atoms with Gasteiger partial charge in [0.1, 0.15) is 17.5 Å². The maximum Gasteiger partial charge on any atom is 0.573 e. The Morgan fingerprint density at radius 2 is 1.97 bits per heavy atom. The number of hydrogen-bond acceptors (Lipinski definition) is 10. The Morgan fingerprint density at radius 3 is 2.53 bits per heavy atom. The van der Waals surface area contributed by atoms with Crippen LogP contribution in [0.4, 0.5) is 46.8 Å². The first-order valence-corrected chi connectivity index (χ1v) is 8.94. The standard InChI is InChI=1S/C17H15F3N6O5S/c1-16(2,3)31-15(27)24-10-5-4-9(30-17(18,19)20)6-11(10)23-14-21-7-12(26(28)29)13(25-14)22-8-32/h4-7H,1-3H3,(H,24,27)(H,21,23,25). The van der Waals surface area contributed by atoms with Crippen LogP contribution in [0, 0.1) is 10.1 Å². The van der Waals surface area contributed by atoms with E-state index in [0.29, 0.717) is 0 Å². The van der Waals surface area contributed by atoms with Crippen molar-refractivity contribution in [2.45, 2.75) is 32.7 Å². The van der Waals surface area contributed by atoms with Gasteiger partial charge in [-0.05, 0) is 45.1 Å². The van der Waals surface area contributed by atoms with Gasteiger partial charge in [-0.3, -0.25) is 15.4 Å². The molecule has 0 radical (unpaired) electrons. The van der Waals surface area contributed by atoms with Crippen molar-refractivity contribution in [2.24, 2.45) is 4.99 Å². The molecule has 32 heavy (non-hydrogen) atoms. The van der Waals surface area contributed by atoms with Gasteiger partial charge < -0.3 is 14.8 Å². The summed E-state index contributed by atoms with van der Waals surface area (Å²) in [6, 6.07) is 2.99. The molecule has 0 atom stereocenters. The second-order valence-corrected chi connectivity index (χ2v) is 7.05. The van der Waals surface area contributed by atoms with E-state index in [1.165, 1.54) is 0 Å². The van der Waals surface area contributed by atoms with Crippen LogP contribution < -0.4 is 15.4 Å². The van der Waals surface area contributed by atoms with Crippen molar-refractivity contribution in [1.82, 2.24) is 9.97 Å². The van der Waals surface area contributed by atoms with Gasteiger partial charge in [0.05, 0.1) is 21.5 Å². The second kappa shape index (κ2) is 9.53. The lowest BCUT2D eigenvalue weighted by atomic mass is 10.2. The Labute approximate surface area is 183 Å². The first-order valence-electron chi connectivity index (χ1n) is 8.53. The molecule has 0 aliphatic heterocycles.